The van der Waals surface area contributed by atoms with Crippen LogP contribution in [0.1, 0.15) is 12.8 Å². The van der Waals surface area contributed by atoms with E-state index in [1.54, 1.807) is 16.8 Å². The molecule has 2 rings (SSSR count). The fraction of sp³-hybridized carbons (Fsp3) is 0.750. The summed E-state index contributed by atoms with van der Waals surface area (Å²) in [6.07, 6.45) is 2.48. The van der Waals surface area contributed by atoms with Gasteiger partial charge in [-0.05, 0) is 25.3 Å². The van der Waals surface area contributed by atoms with Crippen molar-refractivity contribution in [2.45, 2.75) is 12.8 Å². The van der Waals surface area contributed by atoms with Crippen molar-refractivity contribution < 1.29 is 0 Å². The molecule has 72 valence electrons. The lowest BCUT2D eigenvalue weighted by atomic mass is 9.99. The molecule has 4 nitrogen and oxygen atoms in total. The van der Waals surface area contributed by atoms with Gasteiger partial charge in [0.15, 0.2) is 0 Å². The van der Waals surface area contributed by atoms with Crippen molar-refractivity contribution in [3.05, 3.63) is 5.51 Å². The van der Waals surface area contributed by atoms with Crippen molar-refractivity contribution >= 4 is 16.5 Å². The van der Waals surface area contributed by atoms with Crippen LogP contribution in [0.2, 0.25) is 0 Å². The summed E-state index contributed by atoms with van der Waals surface area (Å²) in [7, 11) is 0. The molecule has 0 bridgehead atoms. The van der Waals surface area contributed by atoms with E-state index in [1.165, 1.54) is 12.8 Å². The van der Waals surface area contributed by atoms with E-state index < -0.39 is 0 Å². The minimum absolute atomic E-state index is 0.637. The molecule has 1 atom stereocenters. The van der Waals surface area contributed by atoms with E-state index in [1.807, 2.05) is 0 Å². The van der Waals surface area contributed by atoms with E-state index in [2.05, 4.69) is 15.1 Å². The van der Waals surface area contributed by atoms with Gasteiger partial charge in [0.2, 0.25) is 5.13 Å². The zero-order valence-corrected chi connectivity index (χ0v) is 8.33. The SMILES string of the molecule is NCC1CCCN(c2nncs2)C1. The number of nitrogens with zero attached hydrogens (tertiary/aromatic N) is 3. The lowest BCUT2D eigenvalue weighted by Crippen LogP contribution is -2.38. The molecule has 0 aromatic carbocycles. The number of rotatable bonds is 2. The Morgan fingerprint density at radius 3 is 3.31 bits per heavy atom. The van der Waals surface area contributed by atoms with Crippen LogP contribution in [0.3, 0.4) is 0 Å². The monoisotopic (exact) mass is 198 g/mol. The maximum absolute atomic E-state index is 5.66. The minimum atomic E-state index is 0.637. The Morgan fingerprint density at radius 2 is 2.62 bits per heavy atom. The van der Waals surface area contributed by atoms with Gasteiger partial charge in [-0.3, -0.25) is 0 Å². The van der Waals surface area contributed by atoms with E-state index in [-0.39, 0.29) is 0 Å². The third-order valence-corrected chi connectivity index (χ3v) is 3.22. The highest BCUT2D eigenvalue weighted by Gasteiger charge is 2.20. The van der Waals surface area contributed by atoms with Crippen molar-refractivity contribution in [1.82, 2.24) is 10.2 Å². The Bertz CT molecular complexity index is 249. The first-order valence-electron chi connectivity index (χ1n) is 4.61. The maximum Gasteiger partial charge on any atom is 0.208 e. The fourth-order valence-corrected chi connectivity index (χ4v) is 2.33. The molecule has 1 aromatic rings. The number of nitrogens with two attached hydrogens (primary N) is 1. The second-order valence-electron chi connectivity index (χ2n) is 3.41. The van der Waals surface area contributed by atoms with Crippen LogP contribution >= 0.6 is 11.3 Å². The maximum atomic E-state index is 5.66. The average molecular weight is 198 g/mol. The van der Waals surface area contributed by atoms with Crippen LogP contribution < -0.4 is 10.6 Å². The second kappa shape index (κ2) is 4.02. The molecule has 0 aliphatic carbocycles. The average Bonchev–Trinajstić information content (AvgIpc) is 2.71. The summed E-state index contributed by atoms with van der Waals surface area (Å²) < 4.78 is 0. The molecular weight excluding hydrogens is 184 g/mol. The standard InChI is InChI=1S/C8H14N4S/c9-4-7-2-1-3-12(5-7)8-11-10-6-13-8/h6-7H,1-5,9H2. The molecule has 5 heteroatoms. The molecule has 1 aromatic heterocycles. The van der Waals surface area contributed by atoms with E-state index in [4.69, 9.17) is 5.73 Å². The Morgan fingerprint density at radius 1 is 1.69 bits per heavy atom. The summed E-state index contributed by atoms with van der Waals surface area (Å²) >= 11 is 1.60. The van der Waals surface area contributed by atoms with Gasteiger partial charge in [0, 0.05) is 13.1 Å². The van der Waals surface area contributed by atoms with Gasteiger partial charge in [-0.2, -0.15) is 0 Å². The van der Waals surface area contributed by atoms with Gasteiger partial charge in [0.05, 0.1) is 0 Å². The zero-order valence-electron chi connectivity index (χ0n) is 7.52. The molecule has 2 heterocycles. The number of anilines is 1. The van der Waals surface area contributed by atoms with Crippen molar-refractivity contribution in [3.63, 3.8) is 0 Å². The zero-order chi connectivity index (χ0) is 9.10. The molecule has 0 saturated carbocycles. The molecule has 0 amide bonds. The Hall–Kier alpha value is -0.680. The number of hydrogen-bond donors (Lipinski definition) is 1. The highest BCUT2D eigenvalue weighted by molar-refractivity contribution is 7.13. The quantitative estimate of drug-likeness (QED) is 0.760. The van der Waals surface area contributed by atoms with E-state index in [0.29, 0.717) is 5.92 Å². The smallest absolute Gasteiger partial charge is 0.208 e. The van der Waals surface area contributed by atoms with Crippen LogP contribution in [-0.2, 0) is 0 Å². The lowest BCUT2D eigenvalue weighted by Gasteiger charge is -2.31. The van der Waals surface area contributed by atoms with Crippen LogP contribution in [0.25, 0.3) is 0 Å². The summed E-state index contributed by atoms with van der Waals surface area (Å²) in [5, 5.41) is 8.95. The van der Waals surface area contributed by atoms with Crippen molar-refractivity contribution in [1.29, 1.82) is 0 Å². The van der Waals surface area contributed by atoms with Gasteiger partial charge in [0.1, 0.15) is 5.51 Å². The summed E-state index contributed by atoms with van der Waals surface area (Å²) in [6, 6.07) is 0. The molecule has 1 aliphatic heterocycles. The number of aromatic nitrogens is 2. The van der Waals surface area contributed by atoms with E-state index >= 15 is 0 Å². The van der Waals surface area contributed by atoms with Crippen LogP contribution in [0.15, 0.2) is 5.51 Å². The molecule has 1 aliphatic rings. The molecule has 0 spiro atoms. The Balaban J connectivity index is 2.00. The summed E-state index contributed by atoms with van der Waals surface area (Å²) in [4.78, 5) is 2.29. The highest BCUT2D eigenvalue weighted by Crippen LogP contribution is 2.23. The van der Waals surface area contributed by atoms with Crippen LogP contribution in [0.4, 0.5) is 5.13 Å². The second-order valence-corrected chi connectivity index (χ2v) is 4.22. The fourth-order valence-electron chi connectivity index (χ4n) is 1.74. The first kappa shape index (κ1) is 8.90. The Labute approximate surface area is 81.8 Å². The van der Waals surface area contributed by atoms with E-state index in [9.17, 15) is 0 Å². The van der Waals surface area contributed by atoms with Crippen molar-refractivity contribution in [3.8, 4) is 0 Å². The van der Waals surface area contributed by atoms with Gasteiger partial charge in [-0.15, -0.1) is 10.2 Å². The van der Waals surface area contributed by atoms with Crippen LogP contribution in [0, 0.1) is 5.92 Å². The molecule has 1 saturated heterocycles. The van der Waals surface area contributed by atoms with Crippen molar-refractivity contribution in [2.75, 3.05) is 24.5 Å². The summed E-state index contributed by atoms with van der Waals surface area (Å²) in [5.74, 6) is 0.637. The third-order valence-electron chi connectivity index (χ3n) is 2.47. The predicted octanol–water partition coefficient (Wildman–Crippen LogP) is 0.713. The van der Waals surface area contributed by atoms with Gasteiger partial charge >= 0.3 is 0 Å². The Kier molecular flexibility index (Phi) is 2.75. The number of piperidine rings is 1. The predicted molar refractivity (Wildman–Crippen MR) is 53.9 cm³/mol. The molecule has 0 radical (unpaired) electrons. The minimum Gasteiger partial charge on any atom is -0.346 e. The molecular formula is C8H14N4S. The largest absolute Gasteiger partial charge is 0.346 e. The normalized spacial score (nSPS) is 23.5. The topological polar surface area (TPSA) is 55.0 Å². The van der Waals surface area contributed by atoms with Gasteiger partial charge in [-0.1, -0.05) is 11.3 Å². The first-order chi connectivity index (χ1) is 6.40. The first-order valence-corrected chi connectivity index (χ1v) is 5.49. The van der Waals surface area contributed by atoms with Gasteiger partial charge in [-0.25, -0.2) is 0 Å². The van der Waals surface area contributed by atoms with Crippen LogP contribution in [0.5, 0.6) is 0 Å². The summed E-state index contributed by atoms with van der Waals surface area (Å²) in [5.41, 5.74) is 7.44. The van der Waals surface area contributed by atoms with Gasteiger partial charge < -0.3 is 10.6 Å². The molecule has 1 unspecified atom stereocenters. The van der Waals surface area contributed by atoms with Crippen molar-refractivity contribution in [2.24, 2.45) is 11.7 Å². The summed E-state index contributed by atoms with van der Waals surface area (Å²) in [6.45, 7) is 2.94. The van der Waals surface area contributed by atoms with Gasteiger partial charge in [0.25, 0.3) is 0 Å². The van der Waals surface area contributed by atoms with Crippen LogP contribution in [-0.4, -0.2) is 29.8 Å². The number of hydrogen-bond acceptors (Lipinski definition) is 5. The lowest BCUT2D eigenvalue weighted by molar-refractivity contribution is 0.423. The molecule has 2 N–H and O–H groups in total. The third kappa shape index (κ3) is 1.97. The molecule has 1 fully saturated rings. The van der Waals surface area contributed by atoms with E-state index in [0.717, 1.165) is 24.8 Å². The highest BCUT2D eigenvalue weighted by atomic mass is 32.1. The molecule has 13 heavy (non-hydrogen) atoms.